The van der Waals surface area contributed by atoms with Crippen molar-refractivity contribution in [2.75, 3.05) is 18.0 Å². The molecule has 0 aliphatic heterocycles. The molecule has 0 aliphatic rings. The summed E-state index contributed by atoms with van der Waals surface area (Å²) in [5.74, 6) is 0. The molecule has 0 spiro atoms. The number of H-pyrrole nitrogens is 1. The minimum atomic E-state index is -0.493. The lowest BCUT2D eigenvalue weighted by Gasteiger charge is -2.20. The number of benzene rings is 2. The van der Waals surface area contributed by atoms with Gasteiger partial charge >= 0.3 is 0 Å². The molecule has 0 saturated carbocycles. The third-order valence-corrected chi connectivity index (χ3v) is 4.64. The van der Waals surface area contributed by atoms with Gasteiger partial charge in [0.05, 0.1) is 21.2 Å². The van der Waals surface area contributed by atoms with Crippen LogP contribution in [0.3, 0.4) is 0 Å². The fraction of sp³-hybridized carbons (Fsp3) is 0.190. The van der Waals surface area contributed by atoms with Gasteiger partial charge < -0.3 is 4.90 Å². The van der Waals surface area contributed by atoms with Crippen LogP contribution < -0.4 is 21.0 Å². The summed E-state index contributed by atoms with van der Waals surface area (Å²) in [5, 5.41) is 14.7. The van der Waals surface area contributed by atoms with Crippen LogP contribution >= 0.6 is 0 Å². The lowest BCUT2D eigenvalue weighted by molar-refractivity contribution is -0.384. The number of rotatable bonds is 6. The Balaban J connectivity index is 2.03. The maximum Gasteiger partial charge on any atom is 0.279 e. The SMILES string of the molecule is C=c1[nH]n(-c2cccc([N+](=O)[O-])c2)c(=O)c1=Cc1ccc(N(CC)CC)cc1. The highest BCUT2D eigenvalue weighted by Crippen LogP contribution is 2.15. The fourth-order valence-corrected chi connectivity index (χ4v) is 3.11. The third-order valence-electron chi connectivity index (χ3n) is 4.64. The number of nitrogens with zero attached hydrogens (tertiary/aromatic N) is 3. The smallest absolute Gasteiger partial charge is 0.279 e. The van der Waals surface area contributed by atoms with Crippen LogP contribution in [0.15, 0.2) is 53.3 Å². The minimum Gasteiger partial charge on any atom is -0.372 e. The van der Waals surface area contributed by atoms with Crippen LogP contribution in [-0.2, 0) is 0 Å². The fourth-order valence-electron chi connectivity index (χ4n) is 3.11. The summed E-state index contributed by atoms with van der Waals surface area (Å²) < 4.78 is 1.27. The molecule has 1 N–H and O–H groups in total. The number of hydrogen-bond donors (Lipinski definition) is 1. The van der Waals surface area contributed by atoms with E-state index in [9.17, 15) is 14.9 Å². The molecule has 7 heteroatoms. The van der Waals surface area contributed by atoms with Gasteiger partial charge in [0.1, 0.15) is 0 Å². The van der Waals surface area contributed by atoms with Gasteiger partial charge in [0, 0.05) is 30.9 Å². The maximum absolute atomic E-state index is 12.8. The number of nitrogens with one attached hydrogen (secondary N) is 1. The maximum atomic E-state index is 12.8. The number of nitro benzene ring substituents is 1. The third kappa shape index (κ3) is 3.73. The second-order valence-electron chi connectivity index (χ2n) is 6.33. The van der Waals surface area contributed by atoms with E-state index in [1.54, 1.807) is 18.2 Å². The zero-order valence-corrected chi connectivity index (χ0v) is 15.9. The molecule has 2 aromatic carbocycles. The summed E-state index contributed by atoms with van der Waals surface area (Å²) in [6.45, 7) is 9.97. The molecule has 0 atom stereocenters. The van der Waals surface area contributed by atoms with Crippen LogP contribution in [0.1, 0.15) is 19.4 Å². The summed E-state index contributed by atoms with van der Waals surface area (Å²) >= 11 is 0. The minimum absolute atomic E-state index is 0.0814. The molecule has 0 amide bonds. The van der Waals surface area contributed by atoms with Crippen LogP contribution in [0.2, 0.25) is 0 Å². The van der Waals surface area contributed by atoms with Crippen LogP contribution in [0.25, 0.3) is 18.3 Å². The summed E-state index contributed by atoms with van der Waals surface area (Å²) in [7, 11) is 0. The number of aromatic nitrogens is 2. The van der Waals surface area contributed by atoms with Gasteiger partial charge in [-0.2, -0.15) is 0 Å². The standard InChI is InChI=1S/C21H22N4O3/c1-4-23(5-2)17-11-9-16(10-12-17)13-20-15(3)22-24(21(20)26)18-7-6-8-19(14-18)25(27)28/h6-14,22H,3-5H2,1-2H3. The predicted molar refractivity (Wildman–Crippen MR) is 111 cm³/mol. The van der Waals surface area contributed by atoms with E-state index >= 15 is 0 Å². The Bertz CT molecular complexity index is 1160. The molecule has 0 bridgehead atoms. The Kier molecular flexibility index (Phi) is 5.44. The summed E-state index contributed by atoms with van der Waals surface area (Å²) in [4.78, 5) is 25.6. The van der Waals surface area contributed by atoms with E-state index < -0.39 is 4.92 Å². The highest BCUT2D eigenvalue weighted by molar-refractivity contribution is 5.56. The van der Waals surface area contributed by atoms with E-state index in [0.29, 0.717) is 16.3 Å². The van der Waals surface area contributed by atoms with Crippen molar-refractivity contribution in [3.8, 4) is 5.69 Å². The highest BCUT2D eigenvalue weighted by Gasteiger charge is 2.10. The molecule has 144 valence electrons. The van der Waals surface area contributed by atoms with Crippen molar-refractivity contribution in [1.82, 2.24) is 9.78 Å². The number of anilines is 1. The molecule has 0 saturated heterocycles. The summed E-state index contributed by atoms with van der Waals surface area (Å²) in [5.41, 5.74) is 2.00. The first-order valence-electron chi connectivity index (χ1n) is 9.06. The average Bonchev–Trinajstić information content (AvgIpc) is 2.98. The molecule has 3 rings (SSSR count). The Morgan fingerprint density at radius 3 is 2.46 bits per heavy atom. The van der Waals surface area contributed by atoms with Crippen molar-refractivity contribution in [1.29, 1.82) is 0 Å². The van der Waals surface area contributed by atoms with Crippen LogP contribution in [0.4, 0.5) is 11.4 Å². The van der Waals surface area contributed by atoms with Crippen LogP contribution in [0.5, 0.6) is 0 Å². The van der Waals surface area contributed by atoms with Crippen molar-refractivity contribution < 1.29 is 4.92 Å². The van der Waals surface area contributed by atoms with Crippen LogP contribution in [0, 0.1) is 10.1 Å². The molecule has 28 heavy (non-hydrogen) atoms. The lowest BCUT2D eigenvalue weighted by Crippen LogP contribution is -2.33. The molecule has 0 unspecified atom stereocenters. The van der Waals surface area contributed by atoms with E-state index in [2.05, 4.69) is 30.4 Å². The van der Waals surface area contributed by atoms with Crippen LogP contribution in [-0.4, -0.2) is 27.8 Å². The van der Waals surface area contributed by atoms with E-state index in [1.807, 2.05) is 24.3 Å². The lowest BCUT2D eigenvalue weighted by atomic mass is 10.1. The number of aromatic amines is 1. The van der Waals surface area contributed by atoms with Gasteiger partial charge in [-0.05, 0) is 43.7 Å². The molecular weight excluding hydrogens is 356 g/mol. The first-order valence-corrected chi connectivity index (χ1v) is 9.06. The second kappa shape index (κ2) is 7.96. The largest absolute Gasteiger partial charge is 0.372 e. The van der Waals surface area contributed by atoms with Gasteiger partial charge in [-0.15, -0.1) is 0 Å². The van der Waals surface area contributed by atoms with Crippen molar-refractivity contribution in [2.24, 2.45) is 0 Å². The molecular formula is C21H22N4O3. The van der Waals surface area contributed by atoms with E-state index in [-0.39, 0.29) is 11.2 Å². The monoisotopic (exact) mass is 378 g/mol. The van der Waals surface area contributed by atoms with Gasteiger partial charge in [0.15, 0.2) is 0 Å². The number of hydrogen-bond acceptors (Lipinski definition) is 4. The number of nitro groups is 1. The molecule has 0 aliphatic carbocycles. The van der Waals surface area contributed by atoms with Crippen molar-refractivity contribution in [3.05, 3.63) is 85.1 Å². The average molecular weight is 378 g/mol. The first-order chi connectivity index (χ1) is 13.4. The molecule has 7 nitrogen and oxygen atoms in total. The van der Waals surface area contributed by atoms with Crippen molar-refractivity contribution >= 4 is 24.0 Å². The van der Waals surface area contributed by atoms with E-state index in [4.69, 9.17) is 0 Å². The zero-order valence-electron chi connectivity index (χ0n) is 15.9. The van der Waals surface area contributed by atoms with Gasteiger partial charge in [0.2, 0.25) is 0 Å². The van der Waals surface area contributed by atoms with Crippen molar-refractivity contribution in [2.45, 2.75) is 13.8 Å². The molecule has 0 fully saturated rings. The molecule has 3 aromatic rings. The predicted octanol–water partition coefficient (Wildman–Crippen LogP) is 2.16. The first kappa shape index (κ1) is 19.2. The normalized spacial score (nSPS) is 11.6. The summed E-state index contributed by atoms with van der Waals surface area (Å²) in [6.07, 6.45) is 1.76. The summed E-state index contributed by atoms with van der Waals surface area (Å²) in [6, 6.07) is 13.9. The van der Waals surface area contributed by atoms with Gasteiger partial charge in [0.25, 0.3) is 11.2 Å². The van der Waals surface area contributed by atoms with E-state index in [0.717, 1.165) is 24.3 Å². The molecule has 0 radical (unpaired) electrons. The number of non-ortho nitro benzene ring substituents is 1. The van der Waals surface area contributed by atoms with E-state index in [1.165, 1.54) is 16.8 Å². The Hall–Kier alpha value is -3.61. The Morgan fingerprint density at radius 2 is 1.86 bits per heavy atom. The quantitative estimate of drug-likeness (QED) is 0.526. The molecule has 1 aromatic heterocycles. The topological polar surface area (TPSA) is 84.2 Å². The molecule has 1 heterocycles. The second-order valence-corrected chi connectivity index (χ2v) is 6.33. The Morgan fingerprint density at radius 1 is 1.18 bits per heavy atom. The van der Waals surface area contributed by atoms with Gasteiger partial charge in [-0.3, -0.25) is 20.0 Å². The van der Waals surface area contributed by atoms with Crippen molar-refractivity contribution in [3.63, 3.8) is 0 Å². The Labute approximate surface area is 162 Å². The van der Waals surface area contributed by atoms with Gasteiger partial charge in [-0.1, -0.05) is 24.8 Å². The van der Waals surface area contributed by atoms with Gasteiger partial charge in [-0.25, -0.2) is 4.68 Å². The highest BCUT2D eigenvalue weighted by atomic mass is 16.6. The zero-order chi connectivity index (χ0) is 20.3.